The quantitative estimate of drug-likeness (QED) is 0.726. The van der Waals surface area contributed by atoms with E-state index in [2.05, 4.69) is 22.5 Å². The number of halogens is 1. The molecular weight excluding hydrogens is 324 g/mol. The van der Waals surface area contributed by atoms with Crippen LogP contribution >= 0.6 is 11.6 Å². The lowest BCUT2D eigenvalue weighted by Crippen LogP contribution is -2.09. The van der Waals surface area contributed by atoms with E-state index >= 15 is 0 Å². The van der Waals surface area contributed by atoms with Gasteiger partial charge in [0.05, 0.1) is 11.0 Å². The fraction of sp³-hybridized carbons (Fsp3) is 0.316. The van der Waals surface area contributed by atoms with Crippen molar-refractivity contribution in [3.8, 4) is 5.75 Å². The fourth-order valence-electron chi connectivity index (χ4n) is 2.84. The molecule has 0 bridgehead atoms. The fourth-order valence-corrected chi connectivity index (χ4v) is 3.00. The van der Waals surface area contributed by atoms with Crippen LogP contribution in [0, 0.1) is 13.8 Å². The molecule has 0 aliphatic heterocycles. The molecular formula is C19H21ClN2O2. The van der Waals surface area contributed by atoms with Crippen molar-refractivity contribution in [2.45, 2.75) is 33.4 Å². The van der Waals surface area contributed by atoms with Crippen LogP contribution in [0.15, 0.2) is 36.4 Å². The third-order valence-electron chi connectivity index (χ3n) is 4.02. The monoisotopic (exact) mass is 344 g/mol. The van der Waals surface area contributed by atoms with Crippen molar-refractivity contribution in [3.05, 3.63) is 58.4 Å². The number of aryl methyl sites for hydroxylation is 3. The molecule has 0 radical (unpaired) electrons. The second-order valence-electron chi connectivity index (χ2n) is 5.95. The summed E-state index contributed by atoms with van der Waals surface area (Å²) < 4.78 is 8.05. The Labute approximate surface area is 146 Å². The lowest BCUT2D eigenvalue weighted by molar-refractivity contribution is 0.269. The molecule has 24 heavy (non-hydrogen) atoms. The van der Waals surface area contributed by atoms with Crippen LogP contribution in [0.1, 0.15) is 23.4 Å². The Morgan fingerprint density at radius 3 is 2.75 bits per heavy atom. The Hall–Kier alpha value is -2.04. The molecule has 126 valence electrons. The van der Waals surface area contributed by atoms with Gasteiger partial charge in [-0.1, -0.05) is 29.3 Å². The van der Waals surface area contributed by atoms with E-state index in [1.54, 1.807) is 0 Å². The normalized spacial score (nSPS) is 11.2. The topological polar surface area (TPSA) is 47.3 Å². The van der Waals surface area contributed by atoms with Gasteiger partial charge in [0.25, 0.3) is 0 Å². The number of rotatable bonds is 6. The maximum Gasteiger partial charge on any atom is 0.148 e. The smallest absolute Gasteiger partial charge is 0.148 e. The highest BCUT2D eigenvalue weighted by Crippen LogP contribution is 2.24. The van der Waals surface area contributed by atoms with E-state index in [1.807, 2.05) is 37.3 Å². The molecule has 0 fully saturated rings. The molecule has 3 aromatic rings. The molecule has 2 aromatic carbocycles. The third kappa shape index (κ3) is 3.55. The number of benzene rings is 2. The Morgan fingerprint density at radius 1 is 1.17 bits per heavy atom. The molecule has 3 rings (SSSR count). The molecule has 0 aliphatic rings. The number of ether oxygens (including phenoxy) is 1. The van der Waals surface area contributed by atoms with Crippen molar-refractivity contribution in [2.24, 2.45) is 0 Å². The average molecular weight is 345 g/mol. The predicted octanol–water partition coefficient (Wildman–Crippen LogP) is 4.27. The minimum Gasteiger partial charge on any atom is -0.485 e. The number of imidazole rings is 1. The first-order chi connectivity index (χ1) is 11.6. The van der Waals surface area contributed by atoms with Crippen molar-refractivity contribution in [1.29, 1.82) is 0 Å². The standard InChI is InChI=1S/C19H21ClN2O2/c1-13-4-7-18(14(2)10-13)24-12-19-21-16-6-5-15(20)11-17(16)22(19)8-3-9-23/h4-7,10-11,23H,3,8-9,12H2,1-2H3. The molecule has 0 saturated heterocycles. The maximum absolute atomic E-state index is 9.16. The molecule has 0 amide bonds. The zero-order valence-corrected chi connectivity index (χ0v) is 14.7. The summed E-state index contributed by atoms with van der Waals surface area (Å²) in [6.45, 7) is 5.30. The Balaban J connectivity index is 1.90. The van der Waals surface area contributed by atoms with Gasteiger partial charge in [0.2, 0.25) is 0 Å². The summed E-state index contributed by atoms with van der Waals surface area (Å²) in [5.41, 5.74) is 4.17. The third-order valence-corrected chi connectivity index (χ3v) is 4.25. The van der Waals surface area contributed by atoms with Gasteiger partial charge in [0, 0.05) is 18.2 Å². The van der Waals surface area contributed by atoms with Gasteiger partial charge in [-0.2, -0.15) is 0 Å². The van der Waals surface area contributed by atoms with Crippen LogP contribution in [-0.4, -0.2) is 21.3 Å². The summed E-state index contributed by atoms with van der Waals surface area (Å²) in [7, 11) is 0. The van der Waals surface area contributed by atoms with E-state index in [4.69, 9.17) is 21.4 Å². The van der Waals surface area contributed by atoms with E-state index in [9.17, 15) is 0 Å². The summed E-state index contributed by atoms with van der Waals surface area (Å²) in [4.78, 5) is 4.67. The van der Waals surface area contributed by atoms with Gasteiger partial charge in [-0.15, -0.1) is 0 Å². The van der Waals surface area contributed by atoms with Crippen molar-refractivity contribution in [2.75, 3.05) is 6.61 Å². The van der Waals surface area contributed by atoms with Crippen molar-refractivity contribution < 1.29 is 9.84 Å². The first-order valence-corrected chi connectivity index (χ1v) is 8.42. The number of aliphatic hydroxyl groups is 1. The minimum atomic E-state index is 0.137. The molecule has 5 heteroatoms. The summed E-state index contributed by atoms with van der Waals surface area (Å²) in [5, 5.41) is 9.84. The second-order valence-corrected chi connectivity index (χ2v) is 6.38. The molecule has 4 nitrogen and oxygen atoms in total. The van der Waals surface area contributed by atoms with Crippen LogP contribution < -0.4 is 4.74 Å². The highest BCUT2D eigenvalue weighted by Gasteiger charge is 2.12. The minimum absolute atomic E-state index is 0.137. The molecule has 0 atom stereocenters. The zero-order chi connectivity index (χ0) is 17.1. The van der Waals surface area contributed by atoms with E-state index in [0.717, 1.165) is 28.2 Å². The van der Waals surface area contributed by atoms with Crippen LogP contribution in [0.4, 0.5) is 0 Å². The molecule has 0 unspecified atom stereocenters. The molecule has 0 spiro atoms. The van der Waals surface area contributed by atoms with Crippen LogP contribution in [0.2, 0.25) is 5.02 Å². The number of hydrogen-bond acceptors (Lipinski definition) is 3. The summed E-state index contributed by atoms with van der Waals surface area (Å²) in [6, 6.07) is 11.8. The highest BCUT2D eigenvalue weighted by molar-refractivity contribution is 6.31. The first-order valence-electron chi connectivity index (χ1n) is 8.04. The van der Waals surface area contributed by atoms with Gasteiger partial charge in [-0.05, 0) is 50.1 Å². The Bertz CT molecular complexity index is 858. The molecule has 1 aromatic heterocycles. The zero-order valence-electron chi connectivity index (χ0n) is 13.9. The van der Waals surface area contributed by atoms with Crippen molar-refractivity contribution in [3.63, 3.8) is 0 Å². The van der Waals surface area contributed by atoms with E-state index in [-0.39, 0.29) is 6.61 Å². The van der Waals surface area contributed by atoms with Gasteiger partial charge >= 0.3 is 0 Å². The molecule has 0 aliphatic carbocycles. The second kappa shape index (κ2) is 7.24. The summed E-state index contributed by atoms with van der Waals surface area (Å²) in [6.07, 6.45) is 0.661. The van der Waals surface area contributed by atoms with Crippen molar-refractivity contribution in [1.82, 2.24) is 9.55 Å². The van der Waals surface area contributed by atoms with E-state index in [0.29, 0.717) is 24.6 Å². The lowest BCUT2D eigenvalue weighted by Gasteiger charge is -2.12. The predicted molar refractivity (Wildman–Crippen MR) is 96.7 cm³/mol. The Kier molecular flexibility index (Phi) is 5.07. The van der Waals surface area contributed by atoms with Crippen LogP contribution in [0.3, 0.4) is 0 Å². The number of nitrogens with zero attached hydrogens (tertiary/aromatic N) is 2. The average Bonchev–Trinajstić information content (AvgIpc) is 2.89. The summed E-state index contributed by atoms with van der Waals surface area (Å²) >= 11 is 6.12. The molecule has 1 N–H and O–H groups in total. The first kappa shape index (κ1) is 16.8. The number of hydrogen-bond donors (Lipinski definition) is 1. The largest absolute Gasteiger partial charge is 0.485 e. The number of aliphatic hydroxyl groups excluding tert-OH is 1. The SMILES string of the molecule is Cc1ccc(OCc2nc3ccc(Cl)cc3n2CCCO)c(C)c1. The van der Waals surface area contributed by atoms with Gasteiger partial charge in [-0.3, -0.25) is 0 Å². The number of aromatic nitrogens is 2. The van der Waals surface area contributed by atoms with Gasteiger partial charge in [0.15, 0.2) is 0 Å². The van der Waals surface area contributed by atoms with E-state index < -0.39 is 0 Å². The van der Waals surface area contributed by atoms with Gasteiger partial charge < -0.3 is 14.4 Å². The van der Waals surface area contributed by atoms with Crippen LogP contribution in [-0.2, 0) is 13.2 Å². The van der Waals surface area contributed by atoms with Crippen molar-refractivity contribution >= 4 is 22.6 Å². The molecule has 1 heterocycles. The van der Waals surface area contributed by atoms with Gasteiger partial charge in [-0.25, -0.2) is 4.98 Å². The van der Waals surface area contributed by atoms with Crippen LogP contribution in [0.25, 0.3) is 11.0 Å². The Morgan fingerprint density at radius 2 is 2.00 bits per heavy atom. The van der Waals surface area contributed by atoms with Gasteiger partial charge in [0.1, 0.15) is 18.2 Å². The highest BCUT2D eigenvalue weighted by atomic mass is 35.5. The lowest BCUT2D eigenvalue weighted by atomic mass is 10.1. The van der Waals surface area contributed by atoms with E-state index in [1.165, 1.54) is 5.56 Å². The van der Waals surface area contributed by atoms with Crippen LogP contribution in [0.5, 0.6) is 5.75 Å². The summed E-state index contributed by atoms with van der Waals surface area (Å²) in [5.74, 6) is 1.69. The maximum atomic E-state index is 9.16. The number of fused-ring (bicyclic) bond motifs is 1. The molecule has 0 saturated carbocycles.